The van der Waals surface area contributed by atoms with Gasteiger partial charge < -0.3 is 0 Å². The van der Waals surface area contributed by atoms with Gasteiger partial charge in [-0.3, -0.25) is 4.79 Å². The molecule has 0 saturated carbocycles. The fourth-order valence-electron chi connectivity index (χ4n) is 1.76. The Morgan fingerprint density at radius 1 is 1.10 bits per heavy atom. The van der Waals surface area contributed by atoms with E-state index in [0.717, 1.165) is 0 Å². The van der Waals surface area contributed by atoms with E-state index in [0.29, 0.717) is 11.3 Å². The SMILES string of the molecule is CC1=CC(=O)C(Br)C(Br)/C1=N\S(=O)(=O)c1ccccc1. The summed E-state index contributed by atoms with van der Waals surface area (Å²) in [5.41, 5.74) is 0.891. The van der Waals surface area contributed by atoms with Crippen molar-refractivity contribution in [1.29, 1.82) is 0 Å². The third kappa shape index (κ3) is 3.10. The predicted octanol–water partition coefficient (Wildman–Crippen LogP) is 2.87. The third-order valence-corrected chi connectivity index (χ3v) is 6.77. The Kier molecular flexibility index (Phi) is 4.61. The van der Waals surface area contributed by atoms with Gasteiger partial charge >= 0.3 is 0 Å². The highest BCUT2D eigenvalue weighted by molar-refractivity contribution is 9.12. The number of hydrogen-bond donors (Lipinski definition) is 0. The van der Waals surface area contributed by atoms with Crippen LogP contribution in [0.3, 0.4) is 0 Å². The van der Waals surface area contributed by atoms with Crippen LogP contribution in [0.1, 0.15) is 6.92 Å². The lowest BCUT2D eigenvalue weighted by Gasteiger charge is -2.22. The second-order valence-corrected chi connectivity index (χ2v) is 7.88. The molecule has 2 atom stereocenters. The number of ketones is 1. The van der Waals surface area contributed by atoms with Crippen molar-refractivity contribution in [2.45, 2.75) is 21.5 Å². The molecule has 20 heavy (non-hydrogen) atoms. The zero-order valence-corrected chi connectivity index (χ0v) is 14.4. The molecule has 0 bridgehead atoms. The number of allylic oxidation sites excluding steroid dienone is 2. The number of hydrogen-bond acceptors (Lipinski definition) is 3. The quantitative estimate of drug-likeness (QED) is 0.691. The molecule has 0 amide bonds. The molecule has 106 valence electrons. The van der Waals surface area contributed by atoms with Gasteiger partial charge in [-0.1, -0.05) is 50.1 Å². The summed E-state index contributed by atoms with van der Waals surface area (Å²) in [6.45, 7) is 1.67. The number of rotatable bonds is 2. The number of benzene rings is 1. The Hall–Kier alpha value is -0.790. The molecule has 0 spiro atoms. The van der Waals surface area contributed by atoms with Crippen molar-refractivity contribution < 1.29 is 13.2 Å². The normalized spacial score (nSPS) is 25.6. The number of alkyl halides is 2. The smallest absolute Gasteiger partial charge is 0.282 e. The number of carbonyl (C=O) groups is 1. The van der Waals surface area contributed by atoms with Crippen molar-refractivity contribution in [3.05, 3.63) is 42.0 Å². The molecule has 0 heterocycles. The molecule has 1 aromatic rings. The van der Waals surface area contributed by atoms with Crippen molar-refractivity contribution in [2.75, 3.05) is 0 Å². The number of halogens is 2. The standard InChI is InChI=1S/C13H11Br2NO3S/c1-8-7-10(17)11(14)12(15)13(8)16-20(18,19)9-5-3-2-4-6-9/h2-7,11-12H,1H3/b16-13-. The minimum absolute atomic E-state index is 0.111. The van der Waals surface area contributed by atoms with Gasteiger partial charge in [0.05, 0.1) is 20.3 Å². The maximum Gasteiger partial charge on any atom is 0.282 e. The summed E-state index contributed by atoms with van der Waals surface area (Å²) in [7, 11) is -3.78. The Morgan fingerprint density at radius 3 is 2.30 bits per heavy atom. The minimum Gasteiger partial charge on any atom is -0.294 e. The fraction of sp³-hybridized carbons (Fsp3) is 0.231. The van der Waals surface area contributed by atoms with E-state index in [-0.39, 0.29) is 10.7 Å². The largest absolute Gasteiger partial charge is 0.294 e. The first-order chi connectivity index (χ1) is 9.33. The van der Waals surface area contributed by atoms with Gasteiger partial charge in [0.2, 0.25) is 0 Å². The van der Waals surface area contributed by atoms with Crippen molar-refractivity contribution in [3.8, 4) is 0 Å². The summed E-state index contributed by atoms with van der Waals surface area (Å²) in [6, 6.07) is 7.99. The van der Waals surface area contributed by atoms with Crippen LogP contribution in [-0.4, -0.2) is 29.6 Å². The second-order valence-electron chi connectivity index (χ2n) is 4.30. The summed E-state index contributed by atoms with van der Waals surface area (Å²) in [5, 5.41) is 0. The molecule has 2 rings (SSSR count). The second kappa shape index (κ2) is 5.91. The maximum absolute atomic E-state index is 12.2. The molecule has 0 radical (unpaired) electrons. The van der Waals surface area contributed by atoms with E-state index in [1.807, 2.05) is 0 Å². The third-order valence-electron chi connectivity index (χ3n) is 2.81. The molecule has 2 unspecified atom stereocenters. The van der Waals surface area contributed by atoms with E-state index in [1.165, 1.54) is 18.2 Å². The Labute approximate surface area is 134 Å². The van der Waals surface area contributed by atoms with Crippen LogP contribution in [0.15, 0.2) is 51.3 Å². The molecule has 1 aromatic carbocycles. The summed E-state index contributed by atoms with van der Waals surface area (Å²) in [6.07, 6.45) is 1.40. The fourth-order valence-corrected chi connectivity index (χ4v) is 4.13. The van der Waals surface area contributed by atoms with E-state index < -0.39 is 19.7 Å². The lowest BCUT2D eigenvalue weighted by atomic mass is 9.98. The van der Waals surface area contributed by atoms with Crippen LogP contribution in [0, 0.1) is 0 Å². The van der Waals surface area contributed by atoms with Crippen LogP contribution in [-0.2, 0) is 14.8 Å². The summed E-state index contributed by atoms with van der Waals surface area (Å²) >= 11 is 6.56. The van der Waals surface area contributed by atoms with Crippen molar-refractivity contribution in [1.82, 2.24) is 0 Å². The van der Waals surface area contributed by atoms with Crippen LogP contribution < -0.4 is 0 Å². The molecule has 1 aliphatic rings. The average molecular weight is 421 g/mol. The van der Waals surface area contributed by atoms with Crippen LogP contribution in [0.4, 0.5) is 0 Å². The molecular weight excluding hydrogens is 410 g/mol. The van der Waals surface area contributed by atoms with Gasteiger partial charge in [0.1, 0.15) is 0 Å². The predicted molar refractivity (Wildman–Crippen MR) is 85.3 cm³/mol. The van der Waals surface area contributed by atoms with Gasteiger partial charge in [-0.05, 0) is 30.7 Å². The van der Waals surface area contributed by atoms with Crippen molar-refractivity contribution >= 4 is 53.4 Å². The van der Waals surface area contributed by atoms with Crippen LogP contribution in [0.5, 0.6) is 0 Å². The molecule has 0 fully saturated rings. The molecular formula is C13H11Br2NO3S. The summed E-state index contributed by atoms with van der Waals surface area (Å²) in [5.74, 6) is -0.111. The molecule has 0 aromatic heterocycles. The average Bonchev–Trinajstić information content (AvgIpc) is 2.42. The molecule has 4 nitrogen and oxygen atoms in total. The molecule has 0 saturated heterocycles. The Morgan fingerprint density at radius 2 is 1.70 bits per heavy atom. The zero-order valence-electron chi connectivity index (χ0n) is 10.5. The van der Waals surface area contributed by atoms with Crippen LogP contribution in [0.25, 0.3) is 0 Å². The van der Waals surface area contributed by atoms with E-state index in [2.05, 4.69) is 36.3 Å². The zero-order chi connectivity index (χ0) is 14.9. The van der Waals surface area contributed by atoms with Crippen molar-refractivity contribution in [3.63, 3.8) is 0 Å². The molecule has 1 aliphatic carbocycles. The Bertz CT molecular complexity index is 696. The minimum atomic E-state index is -3.78. The van der Waals surface area contributed by atoms with Gasteiger partial charge in [-0.2, -0.15) is 12.8 Å². The topological polar surface area (TPSA) is 63.6 Å². The van der Waals surface area contributed by atoms with E-state index in [1.54, 1.807) is 25.1 Å². The lowest BCUT2D eigenvalue weighted by molar-refractivity contribution is -0.113. The highest BCUT2D eigenvalue weighted by Gasteiger charge is 2.33. The van der Waals surface area contributed by atoms with Gasteiger partial charge in [0.25, 0.3) is 10.0 Å². The first-order valence-electron chi connectivity index (χ1n) is 5.73. The first-order valence-corrected chi connectivity index (χ1v) is 9.00. The highest BCUT2D eigenvalue weighted by atomic mass is 79.9. The molecule has 0 N–H and O–H groups in total. The summed E-state index contributed by atoms with van der Waals surface area (Å²) < 4.78 is 28.4. The van der Waals surface area contributed by atoms with Gasteiger partial charge in [-0.15, -0.1) is 0 Å². The first kappa shape index (κ1) is 15.6. The van der Waals surface area contributed by atoms with Gasteiger partial charge in [0, 0.05) is 0 Å². The molecule has 7 heteroatoms. The lowest BCUT2D eigenvalue weighted by Crippen LogP contribution is -2.35. The number of nitrogens with zero attached hydrogens (tertiary/aromatic N) is 1. The number of carbonyl (C=O) groups excluding carboxylic acids is 1. The van der Waals surface area contributed by atoms with E-state index >= 15 is 0 Å². The monoisotopic (exact) mass is 419 g/mol. The van der Waals surface area contributed by atoms with Gasteiger partial charge in [-0.25, -0.2) is 0 Å². The van der Waals surface area contributed by atoms with Crippen LogP contribution in [0.2, 0.25) is 0 Å². The van der Waals surface area contributed by atoms with E-state index in [9.17, 15) is 13.2 Å². The maximum atomic E-state index is 12.2. The number of sulfonamides is 1. The van der Waals surface area contributed by atoms with Gasteiger partial charge in [0.15, 0.2) is 5.78 Å². The Balaban J connectivity index is 2.50. The molecule has 0 aliphatic heterocycles. The van der Waals surface area contributed by atoms with Crippen molar-refractivity contribution in [2.24, 2.45) is 4.40 Å². The summed E-state index contributed by atoms with van der Waals surface area (Å²) in [4.78, 5) is 10.8. The van der Waals surface area contributed by atoms with E-state index in [4.69, 9.17) is 0 Å². The highest BCUT2D eigenvalue weighted by Crippen LogP contribution is 2.27. The van der Waals surface area contributed by atoms with Crippen LogP contribution >= 0.6 is 31.9 Å².